The van der Waals surface area contributed by atoms with Crippen LogP contribution >= 0.6 is 24.0 Å². The largest absolute Gasteiger partial charge is 0.490 e. The van der Waals surface area contributed by atoms with Crippen LogP contribution in [0.4, 0.5) is 11.4 Å². The van der Waals surface area contributed by atoms with E-state index in [1.165, 1.54) is 11.8 Å². The van der Waals surface area contributed by atoms with Gasteiger partial charge in [0.25, 0.3) is 11.8 Å². The number of carbonyl (C=O) groups is 2. The van der Waals surface area contributed by atoms with E-state index < -0.39 is 0 Å². The molecule has 190 valence electrons. The van der Waals surface area contributed by atoms with Crippen LogP contribution in [0.15, 0.2) is 65.6 Å². The van der Waals surface area contributed by atoms with Crippen molar-refractivity contribution >= 4 is 57.6 Å². The number of aryl methyl sites for hydroxylation is 3. The van der Waals surface area contributed by atoms with Crippen LogP contribution in [-0.4, -0.2) is 29.3 Å². The SMILES string of the molecule is CCOc1cc(/C=C2\SC(=S)N(c3ccc(C)cc3C)C2=O)ccc1OCC(=O)Nc1ccc(C)cc1. The van der Waals surface area contributed by atoms with Gasteiger partial charge in [0, 0.05) is 5.69 Å². The lowest BCUT2D eigenvalue weighted by Gasteiger charge is -2.17. The molecule has 0 unspecified atom stereocenters. The summed E-state index contributed by atoms with van der Waals surface area (Å²) in [7, 11) is 0. The Balaban J connectivity index is 1.48. The number of amides is 2. The summed E-state index contributed by atoms with van der Waals surface area (Å²) in [6.45, 7) is 8.10. The van der Waals surface area contributed by atoms with E-state index in [0.29, 0.717) is 33.0 Å². The molecule has 0 atom stereocenters. The molecule has 1 saturated heterocycles. The zero-order valence-corrected chi connectivity index (χ0v) is 22.8. The van der Waals surface area contributed by atoms with Crippen molar-refractivity contribution in [3.8, 4) is 11.5 Å². The summed E-state index contributed by atoms with van der Waals surface area (Å²) in [6.07, 6.45) is 1.79. The number of carbonyl (C=O) groups excluding carboxylic acids is 2. The van der Waals surface area contributed by atoms with Crippen molar-refractivity contribution in [3.05, 3.63) is 87.8 Å². The maximum atomic E-state index is 13.2. The van der Waals surface area contributed by atoms with Crippen LogP contribution in [0.1, 0.15) is 29.2 Å². The standard InChI is InChI=1S/C29H28N2O4S2/c1-5-34-25-15-21(9-13-24(25)35-17-27(32)30-22-10-6-18(2)7-11-22)16-26-28(33)31(29(36)37-26)23-12-8-19(3)14-20(23)4/h6-16H,5,17H2,1-4H3,(H,30,32)/b26-16-. The maximum absolute atomic E-state index is 13.2. The van der Waals surface area contributed by atoms with Gasteiger partial charge in [-0.05, 0) is 75.2 Å². The van der Waals surface area contributed by atoms with Gasteiger partial charge in [-0.1, -0.05) is 65.4 Å². The Morgan fingerprint density at radius 2 is 1.70 bits per heavy atom. The van der Waals surface area contributed by atoms with Crippen molar-refractivity contribution in [1.82, 2.24) is 0 Å². The first-order chi connectivity index (χ1) is 17.7. The van der Waals surface area contributed by atoms with E-state index >= 15 is 0 Å². The number of hydrogen-bond acceptors (Lipinski definition) is 6. The first-order valence-corrected chi connectivity index (χ1v) is 13.1. The highest BCUT2D eigenvalue weighted by molar-refractivity contribution is 8.27. The summed E-state index contributed by atoms with van der Waals surface area (Å²) >= 11 is 6.80. The first-order valence-electron chi connectivity index (χ1n) is 11.9. The van der Waals surface area contributed by atoms with E-state index in [-0.39, 0.29) is 18.4 Å². The topological polar surface area (TPSA) is 67.9 Å². The van der Waals surface area contributed by atoms with Gasteiger partial charge in [0.2, 0.25) is 0 Å². The molecule has 0 radical (unpaired) electrons. The molecule has 37 heavy (non-hydrogen) atoms. The Bertz CT molecular complexity index is 1380. The number of rotatable bonds is 8. The van der Waals surface area contributed by atoms with E-state index in [1.807, 2.05) is 76.2 Å². The molecule has 0 saturated carbocycles. The highest BCUT2D eigenvalue weighted by Crippen LogP contribution is 2.38. The van der Waals surface area contributed by atoms with Gasteiger partial charge in [-0.25, -0.2) is 0 Å². The second kappa shape index (κ2) is 11.6. The fourth-order valence-electron chi connectivity index (χ4n) is 3.86. The van der Waals surface area contributed by atoms with Gasteiger partial charge in [-0.2, -0.15) is 0 Å². The van der Waals surface area contributed by atoms with Crippen molar-refractivity contribution in [2.24, 2.45) is 0 Å². The van der Waals surface area contributed by atoms with Crippen molar-refractivity contribution in [3.63, 3.8) is 0 Å². The van der Waals surface area contributed by atoms with Crippen LogP contribution in [0.25, 0.3) is 6.08 Å². The summed E-state index contributed by atoms with van der Waals surface area (Å²) in [6, 6.07) is 18.8. The first kappa shape index (κ1) is 26.4. The van der Waals surface area contributed by atoms with Crippen LogP contribution in [0.5, 0.6) is 11.5 Å². The summed E-state index contributed by atoms with van der Waals surface area (Å²) in [4.78, 5) is 27.7. The molecule has 8 heteroatoms. The van der Waals surface area contributed by atoms with Gasteiger partial charge in [-0.3, -0.25) is 14.5 Å². The van der Waals surface area contributed by atoms with Gasteiger partial charge in [0.1, 0.15) is 0 Å². The van der Waals surface area contributed by atoms with Gasteiger partial charge >= 0.3 is 0 Å². The number of nitrogens with zero attached hydrogens (tertiary/aromatic N) is 1. The quantitative estimate of drug-likeness (QED) is 0.266. The fourth-order valence-corrected chi connectivity index (χ4v) is 5.15. The van der Waals surface area contributed by atoms with Crippen molar-refractivity contribution in [2.45, 2.75) is 27.7 Å². The molecule has 1 N–H and O–H groups in total. The zero-order chi connectivity index (χ0) is 26.5. The fraction of sp³-hybridized carbons (Fsp3) is 0.207. The molecule has 2 amide bonds. The van der Waals surface area contributed by atoms with E-state index in [0.717, 1.165) is 27.9 Å². The summed E-state index contributed by atoms with van der Waals surface area (Å²) in [5.74, 6) is 0.503. The van der Waals surface area contributed by atoms with Crippen molar-refractivity contribution < 1.29 is 19.1 Å². The number of thiocarbonyl (C=S) groups is 1. The average Bonchev–Trinajstić information content (AvgIpc) is 3.13. The normalized spacial score (nSPS) is 14.3. The van der Waals surface area contributed by atoms with Crippen LogP contribution in [0.2, 0.25) is 0 Å². The molecule has 3 aromatic carbocycles. The Kier molecular flexibility index (Phi) is 8.31. The molecule has 1 heterocycles. The minimum atomic E-state index is -0.273. The van der Waals surface area contributed by atoms with E-state index in [1.54, 1.807) is 23.1 Å². The Labute approximate surface area is 226 Å². The Morgan fingerprint density at radius 1 is 0.973 bits per heavy atom. The second-order valence-electron chi connectivity index (χ2n) is 8.65. The average molecular weight is 533 g/mol. The summed E-state index contributed by atoms with van der Waals surface area (Å²) in [5.41, 5.74) is 5.49. The highest BCUT2D eigenvalue weighted by atomic mass is 32.2. The Hall–Kier alpha value is -3.62. The minimum Gasteiger partial charge on any atom is -0.490 e. The van der Waals surface area contributed by atoms with Gasteiger partial charge < -0.3 is 14.8 Å². The predicted molar refractivity (Wildman–Crippen MR) is 154 cm³/mol. The smallest absolute Gasteiger partial charge is 0.270 e. The number of ether oxygens (including phenoxy) is 2. The van der Waals surface area contributed by atoms with Gasteiger partial charge in [0.05, 0.1) is 17.2 Å². The highest BCUT2D eigenvalue weighted by Gasteiger charge is 2.34. The number of thioether (sulfide) groups is 1. The summed E-state index contributed by atoms with van der Waals surface area (Å²) < 4.78 is 12.0. The molecule has 1 fully saturated rings. The molecule has 0 aliphatic carbocycles. The van der Waals surface area contributed by atoms with Crippen LogP contribution in [0, 0.1) is 20.8 Å². The lowest BCUT2D eigenvalue weighted by atomic mass is 10.1. The third kappa shape index (κ3) is 6.39. The molecular weight excluding hydrogens is 504 g/mol. The molecule has 0 spiro atoms. The summed E-state index contributed by atoms with van der Waals surface area (Å²) in [5, 5.41) is 2.81. The van der Waals surface area contributed by atoms with Gasteiger partial charge in [-0.15, -0.1) is 0 Å². The molecule has 3 aromatic rings. The molecule has 1 aliphatic rings. The van der Waals surface area contributed by atoms with E-state index in [4.69, 9.17) is 21.7 Å². The van der Waals surface area contributed by atoms with Crippen LogP contribution < -0.4 is 19.7 Å². The van der Waals surface area contributed by atoms with E-state index in [9.17, 15) is 9.59 Å². The molecule has 0 aromatic heterocycles. The van der Waals surface area contributed by atoms with Crippen molar-refractivity contribution in [1.29, 1.82) is 0 Å². The third-order valence-corrected chi connectivity index (χ3v) is 6.95. The minimum absolute atomic E-state index is 0.159. The van der Waals surface area contributed by atoms with Gasteiger partial charge in [0.15, 0.2) is 22.4 Å². The zero-order valence-electron chi connectivity index (χ0n) is 21.2. The molecular formula is C29H28N2O4S2. The number of hydrogen-bond donors (Lipinski definition) is 1. The lowest BCUT2D eigenvalue weighted by Crippen LogP contribution is -2.28. The van der Waals surface area contributed by atoms with Crippen LogP contribution in [0.3, 0.4) is 0 Å². The second-order valence-corrected chi connectivity index (χ2v) is 10.3. The third-order valence-electron chi connectivity index (χ3n) is 5.65. The Morgan fingerprint density at radius 3 is 2.41 bits per heavy atom. The van der Waals surface area contributed by atoms with Crippen LogP contribution in [-0.2, 0) is 9.59 Å². The maximum Gasteiger partial charge on any atom is 0.270 e. The van der Waals surface area contributed by atoms with E-state index in [2.05, 4.69) is 5.32 Å². The molecule has 6 nitrogen and oxygen atoms in total. The molecule has 4 rings (SSSR count). The number of benzene rings is 3. The lowest BCUT2D eigenvalue weighted by molar-refractivity contribution is -0.118. The monoisotopic (exact) mass is 532 g/mol. The number of nitrogens with one attached hydrogen (secondary N) is 1. The number of anilines is 2. The molecule has 1 aliphatic heterocycles. The van der Waals surface area contributed by atoms with Crippen molar-refractivity contribution in [2.75, 3.05) is 23.4 Å². The molecule has 0 bridgehead atoms. The predicted octanol–water partition coefficient (Wildman–Crippen LogP) is 6.43.